The summed E-state index contributed by atoms with van der Waals surface area (Å²) in [5.74, 6) is 0.0908. The predicted octanol–water partition coefficient (Wildman–Crippen LogP) is 0.743. The van der Waals surface area contributed by atoms with Gasteiger partial charge in [-0.25, -0.2) is 4.79 Å². The number of aromatic nitrogens is 2. The smallest absolute Gasteiger partial charge is 0.351 e. The van der Waals surface area contributed by atoms with E-state index in [1.165, 1.54) is 31.9 Å². The molecule has 1 aromatic rings. The first kappa shape index (κ1) is 24.5. The number of rotatable bonds is 12. The van der Waals surface area contributed by atoms with E-state index in [1.807, 2.05) is 6.08 Å². The predicted molar refractivity (Wildman–Crippen MR) is 116 cm³/mol. The van der Waals surface area contributed by atoms with Crippen LogP contribution < -0.4 is 11.4 Å². The molecule has 2 heterocycles. The third kappa shape index (κ3) is 6.36. The molecule has 1 aliphatic rings. The normalized spacial score (nSPS) is 24.3. The maximum atomic E-state index is 12.3. The topological polar surface area (TPSA) is 134 Å². The van der Waals surface area contributed by atoms with Gasteiger partial charge in [0, 0.05) is 18.3 Å². The number of ether oxygens (including phenoxy) is 1. The van der Waals surface area contributed by atoms with Gasteiger partial charge in [-0.1, -0.05) is 38.8 Å². The Labute approximate surface area is 177 Å². The van der Waals surface area contributed by atoms with E-state index < -0.39 is 36.8 Å². The Morgan fingerprint density at radius 1 is 1.20 bits per heavy atom. The molecule has 0 spiro atoms. The van der Waals surface area contributed by atoms with E-state index in [2.05, 4.69) is 23.7 Å². The van der Waals surface area contributed by atoms with Gasteiger partial charge in [-0.2, -0.15) is 4.98 Å². The minimum absolute atomic E-state index is 0.0908. The molecule has 170 valence electrons. The van der Waals surface area contributed by atoms with Gasteiger partial charge in [0.2, 0.25) is 0 Å². The molecule has 0 saturated carbocycles. The van der Waals surface area contributed by atoms with Gasteiger partial charge in [-0.05, 0) is 32.4 Å². The highest BCUT2D eigenvalue weighted by atomic mass is 16.6. The molecule has 1 aromatic heterocycles. The fraction of sp³-hybridized carbons (Fsp3) is 0.714. The fourth-order valence-electron chi connectivity index (χ4n) is 3.48. The third-order valence-electron chi connectivity index (χ3n) is 5.37. The van der Waals surface area contributed by atoms with E-state index in [4.69, 9.17) is 10.5 Å². The number of aliphatic hydroxyl groups is 3. The summed E-state index contributed by atoms with van der Waals surface area (Å²) in [7, 11) is 0. The Kier molecular flexibility index (Phi) is 9.93. The second-order valence-electron chi connectivity index (χ2n) is 7.74. The first-order valence-corrected chi connectivity index (χ1v) is 10.8. The van der Waals surface area contributed by atoms with Crippen molar-refractivity contribution in [2.24, 2.45) is 0 Å². The van der Waals surface area contributed by atoms with Crippen LogP contribution in [-0.4, -0.2) is 74.3 Å². The molecule has 5 N–H and O–H groups in total. The average Bonchev–Trinajstić information content (AvgIpc) is 3.02. The van der Waals surface area contributed by atoms with Crippen molar-refractivity contribution in [3.05, 3.63) is 28.3 Å². The Morgan fingerprint density at radius 2 is 1.87 bits per heavy atom. The molecule has 0 radical (unpaired) electrons. The number of hydrogen-bond donors (Lipinski definition) is 4. The Hall–Kier alpha value is -1.78. The van der Waals surface area contributed by atoms with Crippen LogP contribution in [0.3, 0.4) is 0 Å². The zero-order valence-electron chi connectivity index (χ0n) is 18.0. The summed E-state index contributed by atoms with van der Waals surface area (Å²) >= 11 is 0. The third-order valence-corrected chi connectivity index (χ3v) is 5.37. The minimum Gasteiger partial charge on any atom is -0.394 e. The number of nitrogens with two attached hydrogens (primary N) is 1. The summed E-state index contributed by atoms with van der Waals surface area (Å²) in [6.45, 7) is 7.03. The first-order chi connectivity index (χ1) is 14.4. The van der Waals surface area contributed by atoms with Gasteiger partial charge in [0.1, 0.15) is 24.1 Å². The van der Waals surface area contributed by atoms with Crippen molar-refractivity contribution >= 4 is 11.9 Å². The van der Waals surface area contributed by atoms with E-state index >= 15 is 0 Å². The van der Waals surface area contributed by atoms with Crippen molar-refractivity contribution in [1.82, 2.24) is 14.5 Å². The highest BCUT2D eigenvalue weighted by Crippen LogP contribution is 2.28. The molecule has 1 saturated heterocycles. The van der Waals surface area contributed by atoms with Crippen LogP contribution in [0.15, 0.2) is 17.1 Å². The molecule has 2 rings (SSSR count). The van der Waals surface area contributed by atoms with Crippen LogP contribution in [0.5, 0.6) is 0 Å². The number of nitrogen functional groups attached to an aromatic ring is 1. The van der Waals surface area contributed by atoms with Crippen LogP contribution in [0.1, 0.15) is 57.7 Å². The maximum Gasteiger partial charge on any atom is 0.351 e. The monoisotopic (exact) mass is 424 g/mol. The largest absolute Gasteiger partial charge is 0.394 e. The standard InChI is InChI=1S/C21H36N4O5/c1-3-5-10-24(11-6-4-2)12-8-7-9-15-13-25(21(29)23-19(15)22)20-18(28)17(27)16(14-26)30-20/h7,9,13,16-18,20,26-28H,3-6,8,10-12,14H2,1-2H3,(H2,22,23,29)/t16-,17-,18+,20-/m1/s1. The molecule has 1 aliphatic heterocycles. The summed E-state index contributed by atoms with van der Waals surface area (Å²) in [4.78, 5) is 18.5. The summed E-state index contributed by atoms with van der Waals surface area (Å²) in [6, 6.07) is 0. The SMILES string of the molecule is CCCCN(CCC=Cc1cn([C@@H]2O[C@H](CO)[C@@H](O)[C@@H]2O)c(=O)nc1N)CCCC. The Morgan fingerprint density at radius 3 is 2.43 bits per heavy atom. The minimum atomic E-state index is -1.35. The second-order valence-corrected chi connectivity index (χ2v) is 7.74. The molecule has 0 amide bonds. The van der Waals surface area contributed by atoms with E-state index in [0.717, 1.165) is 30.6 Å². The van der Waals surface area contributed by atoms with Gasteiger partial charge in [0.05, 0.1) is 6.61 Å². The van der Waals surface area contributed by atoms with Crippen LogP contribution in [0.2, 0.25) is 0 Å². The molecule has 1 fully saturated rings. The van der Waals surface area contributed by atoms with Crippen molar-refractivity contribution in [2.45, 2.75) is 70.5 Å². The van der Waals surface area contributed by atoms with Crippen LogP contribution in [0.4, 0.5) is 5.82 Å². The molecule has 0 aromatic carbocycles. The zero-order chi connectivity index (χ0) is 22.1. The van der Waals surface area contributed by atoms with Crippen LogP contribution >= 0.6 is 0 Å². The second kappa shape index (κ2) is 12.2. The van der Waals surface area contributed by atoms with Gasteiger partial charge in [-0.15, -0.1) is 0 Å². The molecule has 4 atom stereocenters. The van der Waals surface area contributed by atoms with Crippen molar-refractivity contribution in [1.29, 1.82) is 0 Å². The number of nitrogens with zero attached hydrogens (tertiary/aromatic N) is 3. The van der Waals surface area contributed by atoms with Gasteiger partial charge < -0.3 is 30.7 Å². The molecule has 30 heavy (non-hydrogen) atoms. The Bertz CT molecular complexity index is 731. The zero-order valence-corrected chi connectivity index (χ0v) is 18.0. The van der Waals surface area contributed by atoms with Gasteiger partial charge >= 0.3 is 5.69 Å². The molecule has 0 bridgehead atoms. The van der Waals surface area contributed by atoms with Crippen LogP contribution in [-0.2, 0) is 4.74 Å². The van der Waals surface area contributed by atoms with E-state index in [0.29, 0.717) is 5.56 Å². The first-order valence-electron chi connectivity index (χ1n) is 10.8. The number of unbranched alkanes of at least 4 members (excludes halogenated alkanes) is 2. The van der Waals surface area contributed by atoms with E-state index in [1.54, 1.807) is 6.08 Å². The highest BCUT2D eigenvalue weighted by Gasteiger charge is 2.43. The summed E-state index contributed by atoms with van der Waals surface area (Å²) in [5.41, 5.74) is 5.74. The number of anilines is 1. The molecule has 9 heteroatoms. The lowest BCUT2D eigenvalue weighted by atomic mass is 10.1. The lowest BCUT2D eigenvalue weighted by molar-refractivity contribution is -0.0549. The van der Waals surface area contributed by atoms with Gasteiger partial charge in [0.25, 0.3) is 0 Å². The van der Waals surface area contributed by atoms with Crippen molar-refractivity contribution in [2.75, 3.05) is 32.0 Å². The van der Waals surface area contributed by atoms with Gasteiger partial charge in [-0.3, -0.25) is 4.57 Å². The van der Waals surface area contributed by atoms with Gasteiger partial charge in [0.15, 0.2) is 6.23 Å². The lowest BCUT2D eigenvalue weighted by Crippen LogP contribution is -2.36. The van der Waals surface area contributed by atoms with Crippen LogP contribution in [0.25, 0.3) is 6.08 Å². The summed E-state index contributed by atoms with van der Waals surface area (Å²) in [5, 5.41) is 29.4. The molecule has 0 aliphatic carbocycles. The van der Waals surface area contributed by atoms with Crippen molar-refractivity contribution < 1.29 is 20.1 Å². The summed E-state index contributed by atoms with van der Waals surface area (Å²) < 4.78 is 6.54. The maximum absolute atomic E-state index is 12.3. The molecule has 9 nitrogen and oxygen atoms in total. The fourth-order valence-corrected chi connectivity index (χ4v) is 3.48. The number of aliphatic hydroxyl groups excluding tert-OH is 3. The molecular formula is C21H36N4O5. The van der Waals surface area contributed by atoms with E-state index in [9.17, 15) is 20.1 Å². The number of hydrogen-bond acceptors (Lipinski definition) is 8. The van der Waals surface area contributed by atoms with Crippen LogP contribution in [0, 0.1) is 0 Å². The van der Waals surface area contributed by atoms with Crippen molar-refractivity contribution in [3.63, 3.8) is 0 Å². The van der Waals surface area contributed by atoms with E-state index in [-0.39, 0.29) is 5.82 Å². The van der Waals surface area contributed by atoms with Crippen molar-refractivity contribution in [3.8, 4) is 0 Å². The highest BCUT2D eigenvalue weighted by molar-refractivity contribution is 5.59. The average molecular weight is 425 g/mol. The molecule has 0 unspecified atom stereocenters. The molecular weight excluding hydrogens is 388 g/mol. The lowest BCUT2D eigenvalue weighted by Gasteiger charge is -2.21. The Balaban J connectivity index is 2.07. The quantitative estimate of drug-likeness (QED) is 0.386. The summed E-state index contributed by atoms with van der Waals surface area (Å²) in [6.07, 6.45) is 6.04.